The topological polar surface area (TPSA) is 131 Å². The summed E-state index contributed by atoms with van der Waals surface area (Å²) >= 11 is 0. The number of aryl methyl sites for hydroxylation is 2. The van der Waals surface area contributed by atoms with E-state index in [1.54, 1.807) is 19.1 Å². The summed E-state index contributed by atoms with van der Waals surface area (Å²) in [6.07, 6.45) is 0. The van der Waals surface area contributed by atoms with Crippen molar-refractivity contribution in [2.24, 2.45) is 5.14 Å². The zero-order valence-corrected chi connectivity index (χ0v) is 18.4. The maximum absolute atomic E-state index is 13.7. The highest BCUT2D eigenvalue weighted by molar-refractivity contribution is 7.89. The van der Waals surface area contributed by atoms with Gasteiger partial charge in [0.2, 0.25) is 10.0 Å². The minimum absolute atomic E-state index is 0.157. The van der Waals surface area contributed by atoms with Crippen LogP contribution in [0.5, 0.6) is 0 Å². The van der Waals surface area contributed by atoms with Crippen LogP contribution in [-0.2, 0) is 19.6 Å². The third-order valence-electron chi connectivity index (χ3n) is 5.35. The Labute approximate surface area is 188 Å². The lowest BCUT2D eigenvalue weighted by atomic mass is 9.98. The lowest BCUT2D eigenvalue weighted by molar-refractivity contribution is -0.132. The minimum Gasteiger partial charge on any atom is -0.507 e. The molecule has 1 fully saturated rings. The van der Waals surface area contributed by atoms with Crippen molar-refractivity contribution in [1.29, 1.82) is 0 Å². The molecule has 2 heterocycles. The van der Waals surface area contributed by atoms with Gasteiger partial charge < -0.3 is 9.52 Å². The van der Waals surface area contributed by atoms with Gasteiger partial charge in [0.05, 0.1) is 10.5 Å². The van der Waals surface area contributed by atoms with E-state index in [4.69, 9.17) is 9.56 Å². The molecule has 1 unspecified atom stereocenters. The van der Waals surface area contributed by atoms with Crippen LogP contribution in [0.4, 0.5) is 10.1 Å². The molecular weight excluding hydrogens is 451 g/mol. The Bertz CT molecular complexity index is 1420. The molecule has 0 spiro atoms. The van der Waals surface area contributed by atoms with Crippen molar-refractivity contribution in [3.8, 4) is 0 Å². The number of anilines is 1. The fourth-order valence-electron chi connectivity index (χ4n) is 3.71. The number of amides is 1. The lowest BCUT2D eigenvalue weighted by Crippen LogP contribution is -2.29. The van der Waals surface area contributed by atoms with Gasteiger partial charge in [-0.05, 0) is 74.0 Å². The third kappa shape index (κ3) is 3.94. The van der Waals surface area contributed by atoms with Crippen LogP contribution in [0, 0.1) is 19.7 Å². The van der Waals surface area contributed by atoms with Gasteiger partial charge in [0.25, 0.3) is 11.7 Å². The third-order valence-corrected chi connectivity index (χ3v) is 6.28. The molecule has 1 amide bonds. The summed E-state index contributed by atoms with van der Waals surface area (Å²) in [5, 5.41) is 16.1. The Morgan fingerprint density at radius 2 is 1.73 bits per heavy atom. The normalized spacial score (nSPS) is 18.2. The number of aliphatic hydroxyl groups is 1. The van der Waals surface area contributed by atoms with Gasteiger partial charge in [-0.1, -0.05) is 0 Å². The number of benzene rings is 2. The van der Waals surface area contributed by atoms with E-state index >= 15 is 0 Å². The standard InChI is InChI=1S/C23H19FN2O6S/c1-12-11-14(4-9-17(12)24)21(27)19-20(18-10-3-13(2)32-18)26(23(29)22(19)28)15-5-7-16(8-6-15)33(25,30)31/h3-11,20,27H,1-2H3,(H2,25,30,31)/b21-19-. The van der Waals surface area contributed by atoms with Crippen LogP contribution in [0.2, 0.25) is 0 Å². The molecule has 2 aromatic carbocycles. The monoisotopic (exact) mass is 470 g/mol. The first kappa shape index (κ1) is 22.4. The van der Waals surface area contributed by atoms with Gasteiger partial charge in [0.15, 0.2) is 0 Å². The molecule has 0 bridgehead atoms. The fourth-order valence-corrected chi connectivity index (χ4v) is 4.23. The average Bonchev–Trinajstić information content (AvgIpc) is 3.30. The molecule has 1 saturated heterocycles. The summed E-state index contributed by atoms with van der Waals surface area (Å²) in [6.45, 7) is 3.19. The van der Waals surface area contributed by atoms with Crippen LogP contribution in [0.1, 0.15) is 28.7 Å². The van der Waals surface area contributed by atoms with Crippen molar-refractivity contribution < 1.29 is 31.9 Å². The lowest BCUT2D eigenvalue weighted by Gasteiger charge is -2.23. The van der Waals surface area contributed by atoms with Gasteiger partial charge in [0.1, 0.15) is 29.1 Å². The fraction of sp³-hybridized carbons (Fsp3) is 0.130. The van der Waals surface area contributed by atoms with Crippen molar-refractivity contribution in [1.82, 2.24) is 0 Å². The van der Waals surface area contributed by atoms with E-state index in [0.717, 1.165) is 11.0 Å². The number of nitrogens with zero attached hydrogens (tertiary/aromatic N) is 1. The second kappa shape index (κ2) is 7.98. The molecule has 1 aliphatic heterocycles. The van der Waals surface area contributed by atoms with Gasteiger partial charge in [-0.15, -0.1) is 0 Å². The summed E-state index contributed by atoms with van der Waals surface area (Å²) in [5.74, 6) is -2.17. The summed E-state index contributed by atoms with van der Waals surface area (Å²) in [5.41, 5.74) is 0.357. The van der Waals surface area contributed by atoms with E-state index in [-0.39, 0.29) is 33.0 Å². The van der Waals surface area contributed by atoms with E-state index in [9.17, 15) is 27.5 Å². The van der Waals surface area contributed by atoms with E-state index in [2.05, 4.69) is 0 Å². The quantitative estimate of drug-likeness (QED) is 0.342. The summed E-state index contributed by atoms with van der Waals surface area (Å²) in [6, 6.07) is 11.0. The van der Waals surface area contributed by atoms with Crippen LogP contribution in [0.3, 0.4) is 0 Å². The molecule has 10 heteroatoms. The molecule has 33 heavy (non-hydrogen) atoms. The van der Waals surface area contributed by atoms with Gasteiger partial charge in [0, 0.05) is 11.3 Å². The number of primary sulfonamides is 1. The first-order valence-corrected chi connectivity index (χ1v) is 11.3. The van der Waals surface area contributed by atoms with Crippen molar-refractivity contribution >= 4 is 33.2 Å². The smallest absolute Gasteiger partial charge is 0.300 e. The first-order chi connectivity index (χ1) is 15.5. The van der Waals surface area contributed by atoms with E-state index < -0.39 is 39.3 Å². The number of aliphatic hydroxyl groups excluding tert-OH is 1. The molecule has 1 atom stereocenters. The van der Waals surface area contributed by atoms with E-state index in [0.29, 0.717) is 5.76 Å². The number of carbonyl (C=O) groups is 2. The maximum atomic E-state index is 13.7. The number of hydrogen-bond donors (Lipinski definition) is 2. The summed E-state index contributed by atoms with van der Waals surface area (Å²) < 4.78 is 42.6. The maximum Gasteiger partial charge on any atom is 0.300 e. The highest BCUT2D eigenvalue weighted by atomic mass is 32.2. The summed E-state index contributed by atoms with van der Waals surface area (Å²) in [4.78, 5) is 27.0. The number of furan rings is 1. The Hall–Kier alpha value is -3.76. The largest absolute Gasteiger partial charge is 0.507 e. The number of hydrogen-bond acceptors (Lipinski definition) is 6. The molecule has 3 N–H and O–H groups in total. The van der Waals surface area contributed by atoms with Gasteiger partial charge in [-0.2, -0.15) is 0 Å². The number of nitrogens with two attached hydrogens (primary N) is 1. The van der Waals surface area contributed by atoms with Crippen LogP contribution in [0.25, 0.3) is 5.76 Å². The Balaban J connectivity index is 1.91. The summed E-state index contributed by atoms with van der Waals surface area (Å²) in [7, 11) is -3.97. The van der Waals surface area contributed by atoms with Gasteiger partial charge in [-0.25, -0.2) is 17.9 Å². The number of halogens is 1. The number of Topliss-reactive ketones (excluding diaryl/α,β-unsaturated/α-hetero) is 1. The molecule has 0 radical (unpaired) electrons. The average molecular weight is 470 g/mol. The van der Waals surface area contributed by atoms with Crippen molar-refractivity contribution in [3.63, 3.8) is 0 Å². The zero-order valence-electron chi connectivity index (χ0n) is 17.6. The number of ketones is 1. The molecule has 3 aromatic rings. The van der Waals surface area contributed by atoms with Crippen LogP contribution in [-0.4, -0.2) is 25.2 Å². The molecule has 0 saturated carbocycles. The second-order valence-corrected chi connectivity index (χ2v) is 9.18. The number of sulfonamides is 1. The molecule has 4 rings (SSSR count). The molecular formula is C23H19FN2O6S. The molecule has 1 aromatic heterocycles. The Kier molecular flexibility index (Phi) is 5.43. The second-order valence-electron chi connectivity index (χ2n) is 7.62. The number of rotatable bonds is 4. The molecule has 8 nitrogen and oxygen atoms in total. The van der Waals surface area contributed by atoms with E-state index in [1.165, 1.54) is 43.3 Å². The SMILES string of the molecule is Cc1ccc(C2/C(=C(/O)c3ccc(F)c(C)c3)C(=O)C(=O)N2c2ccc(S(N)(=O)=O)cc2)o1. The van der Waals surface area contributed by atoms with Crippen LogP contribution >= 0.6 is 0 Å². The van der Waals surface area contributed by atoms with Crippen LogP contribution < -0.4 is 10.0 Å². The number of carbonyl (C=O) groups excluding carboxylic acids is 2. The minimum atomic E-state index is -3.97. The Morgan fingerprint density at radius 1 is 1.06 bits per heavy atom. The Morgan fingerprint density at radius 3 is 2.27 bits per heavy atom. The molecule has 1 aliphatic rings. The van der Waals surface area contributed by atoms with Gasteiger partial charge in [-0.3, -0.25) is 14.5 Å². The zero-order chi connectivity index (χ0) is 24.1. The molecule has 0 aliphatic carbocycles. The predicted octanol–water partition coefficient (Wildman–Crippen LogP) is 3.31. The van der Waals surface area contributed by atoms with Crippen LogP contribution in [0.15, 0.2) is 69.5 Å². The molecule has 170 valence electrons. The highest BCUT2D eigenvalue weighted by Gasteiger charge is 2.48. The van der Waals surface area contributed by atoms with E-state index in [1.807, 2.05) is 0 Å². The first-order valence-electron chi connectivity index (χ1n) is 9.76. The highest BCUT2D eigenvalue weighted by Crippen LogP contribution is 2.42. The van der Waals surface area contributed by atoms with Crippen molar-refractivity contribution in [3.05, 3.63) is 88.6 Å². The van der Waals surface area contributed by atoms with Crippen molar-refractivity contribution in [2.45, 2.75) is 24.8 Å². The van der Waals surface area contributed by atoms with Gasteiger partial charge >= 0.3 is 0 Å². The predicted molar refractivity (Wildman–Crippen MR) is 117 cm³/mol. The van der Waals surface area contributed by atoms with Crippen molar-refractivity contribution in [2.75, 3.05) is 4.90 Å².